The molecule has 3 aliphatic rings. The van der Waals surface area contributed by atoms with Crippen LogP contribution in [0.5, 0.6) is 11.5 Å². The third kappa shape index (κ3) is 12.6. The number of aliphatic hydroxyl groups excluding tert-OH is 2. The summed E-state index contributed by atoms with van der Waals surface area (Å²) in [6, 6.07) is 11.7. The number of hydrogen-bond acceptors (Lipinski definition) is 8. The van der Waals surface area contributed by atoms with Gasteiger partial charge in [0.1, 0.15) is 36.6 Å². The van der Waals surface area contributed by atoms with Gasteiger partial charge in [0.15, 0.2) is 0 Å². The first-order valence-electron chi connectivity index (χ1n) is 23.3. The van der Waals surface area contributed by atoms with Crippen molar-refractivity contribution in [2.45, 2.75) is 147 Å². The van der Waals surface area contributed by atoms with Crippen LogP contribution in [0.1, 0.15) is 140 Å². The van der Waals surface area contributed by atoms with Gasteiger partial charge in [-0.15, -0.1) is 6.58 Å². The fraction of sp³-hybridized carbons (Fsp3) is 0.608. The molecule has 0 spiro atoms. The van der Waals surface area contributed by atoms with Gasteiger partial charge in [0.05, 0.1) is 18.2 Å². The molecule has 0 bridgehead atoms. The van der Waals surface area contributed by atoms with Crippen molar-refractivity contribution in [1.29, 1.82) is 0 Å². The number of allylic oxidation sites excluding steroid dienone is 1. The van der Waals surface area contributed by atoms with Crippen LogP contribution < -0.4 is 9.47 Å². The van der Waals surface area contributed by atoms with Crippen LogP contribution in [0.15, 0.2) is 84.6 Å². The molecule has 9 nitrogen and oxygen atoms in total. The van der Waals surface area contributed by atoms with Crippen LogP contribution in [0.3, 0.4) is 0 Å². The number of aliphatic hydroxyl groups is 2. The largest absolute Gasteiger partial charge is 0.490 e. The Balaban J connectivity index is 1.66. The number of amides is 1. The molecule has 1 aliphatic heterocycles. The number of fused-ring (bicyclic) bond motifs is 2. The zero-order valence-electron chi connectivity index (χ0n) is 37.0. The van der Waals surface area contributed by atoms with Gasteiger partial charge in [0.25, 0.3) is 0 Å². The van der Waals surface area contributed by atoms with Gasteiger partial charge in [0, 0.05) is 44.1 Å². The van der Waals surface area contributed by atoms with Gasteiger partial charge in [-0.1, -0.05) is 113 Å². The Labute approximate surface area is 365 Å². The van der Waals surface area contributed by atoms with E-state index in [2.05, 4.69) is 32.2 Å². The molecule has 61 heavy (non-hydrogen) atoms. The highest BCUT2D eigenvalue weighted by molar-refractivity contribution is 6.03. The Bertz CT molecular complexity index is 1730. The summed E-state index contributed by atoms with van der Waals surface area (Å²) in [6.45, 7) is 13.4. The molecule has 5 rings (SSSR count). The summed E-state index contributed by atoms with van der Waals surface area (Å²) in [5, 5.41) is 24.6. The lowest BCUT2D eigenvalue weighted by Crippen LogP contribution is -2.70. The SMILES string of the molecule is C=CCOc1ccc2c(c1)[C@H]1[C@H](CCCCO)[C@@H](CCCCO)C=C3C(=NOCC)C[C@H](N(Cc4ccc(F)cc4)C(=O)CCCCCCCCCCC)[C@@](OCC=C)(O2)[C@H]31. The number of nitrogens with zero attached hydrogens (tertiary/aromatic N) is 2. The average Bonchev–Trinajstić information content (AvgIpc) is 3.27. The van der Waals surface area contributed by atoms with Crippen molar-refractivity contribution in [2.75, 3.05) is 33.0 Å². The standard InChI is InChI=1S/C51H73FN2O7/c1-5-9-10-11-12-13-14-15-16-23-48(57)54(37-38-24-26-40(52)27-25-38)47-36-45(53-60-8-4)43-34-39(21-17-19-30-55)42(22-18-20-31-56)49-44-35-41(58-32-6-2)28-29-46(44)61-51(47,50(43)49)59-33-7-3/h6-7,24-29,34-35,39,42,47,49-50,55-56H,2-3,5,8-23,30-33,36-37H2,1,4H3/t39-,42+,47-,49+,50+,51+/m0/s1. The first kappa shape index (κ1) is 48.0. The predicted molar refractivity (Wildman–Crippen MR) is 241 cm³/mol. The van der Waals surface area contributed by atoms with E-state index in [1.165, 1.54) is 50.7 Å². The maximum Gasteiger partial charge on any atom is 0.239 e. The number of unbranched alkanes of at least 4 members (excludes halogenated alkanes) is 10. The Morgan fingerprint density at radius 2 is 1.59 bits per heavy atom. The summed E-state index contributed by atoms with van der Waals surface area (Å²) in [4.78, 5) is 22.8. The summed E-state index contributed by atoms with van der Waals surface area (Å²) in [5.74, 6) is -0.714. The highest BCUT2D eigenvalue weighted by Gasteiger charge is 2.65. The number of ether oxygens (including phenoxy) is 3. The monoisotopic (exact) mass is 845 g/mol. The van der Waals surface area contributed by atoms with E-state index < -0.39 is 17.7 Å². The number of benzene rings is 2. The number of carbonyl (C=O) groups is 1. The van der Waals surface area contributed by atoms with Crippen molar-refractivity contribution in [1.82, 2.24) is 4.90 Å². The summed E-state index contributed by atoms with van der Waals surface area (Å²) in [6.07, 6.45) is 21.5. The molecule has 2 N–H and O–H groups in total. The van der Waals surface area contributed by atoms with Crippen molar-refractivity contribution in [3.05, 3.63) is 96.4 Å². The maximum atomic E-state index is 15.0. The topological polar surface area (TPSA) is 110 Å². The molecule has 0 radical (unpaired) electrons. The number of rotatable bonds is 29. The molecule has 2 aromatic rings. The molecule has 10 heteroatoms. The van der Waals surface area contributed by atoms with Crippen molar-refractivity contribution in [3.63, 3.8) is 0 Å². The predicted octanol–water partition coefficient (Wildman–Crippen LogP) is 11.0. The molecule has 0 aromatic heterocycles. The van der Waals surface area contributed by atoms with Crippen molar-refractivity contribution >= 4 is 11.6 Å². The van der Waals surface area contributed by atoms with Crippen molar-refractivity contribution < 1.29 is 38.4 Å². The van der Waals surface area contributed by atoms with E-state index in [1.807, 2.05) is 24.0 Å². The molecule has 1 saturated carbocycles. The van der Waals surface area contributed by atoms with E-state index in [4.69, 9.17) is 24.2 Å². The molecule has 336 valence electrons. The Morgan fingerprint density at radius 3 is 2.26 bits per heavy atom. The Kier molecular flexibility index (Phi) is 19.9. The first-order valence-corrected chi connectivity index (χ1v) is 23.3. The highest BCUT2D eigenvalue weighted by Crippen LogP contribution is 2.62. The van der Waals surface area contributed by atoms with Crippen LogP contribution in [0.25, 0.3) is 0 Å². The Morgan fingerprint density at radius 1 is 0.902 bits per heavy atom. The minimum atomic E-state index is -1.37. The van der Waals surface area contributed by atoms with Gasteiger partial charge in [-0.3, -0.25) is 4.79 Å². The van der Waals surface area contributed by atoms with Crippen molar-refractivity contribution in [2.24, 2.45) is 22.9 Å². The lowest BCUT2D eigenvalue weighted by molar-refractivity contribution is -0.258. The maximum absolute atomic E-state index is 15.0. The van der Waals surface area contributed by atoms with Gasteiger partial charge < -0.3 is 34.2 Å². The van der Waals surface area contributed by atoms with E-state index in [-0.39, 0.29) is 55.8 Å². The fourth-order valence-electron chi connectivity index (χ4n) is 9.92. The van der Waals surface area contributed by atoms with Crippen LogP contribution >= 0.6 is 0 Å². The second-order valence-corrected chi connectivity index (χ2v) is 17.0. The normalized spacial score (nSPS) is 23.3. The number of halogens is 1. The molecular formula is C51H73FN2O7. The second kappa shape index (κ2) is 25.2. The van der Waals surface area contributed by atoms with Crippen molar-refractivity contribution in [3.8, 4) is 11.5 Å². The van der Waals surface area contributed by atoms with Gasteiger partial charge in [-0.25, -0.2) is 4.39 Å². The molecule has 1 amide bonds. The smallest absolute Gasteiger partial charge is 0.239 e. The number of oxime groups is 1. The van der Waals surface area contributed by atoms with E-state index in [9.17, 15) is 19.4 Å². The molecule has 0 unspecified atom stereocenters. The Hall–Kier alpha value is -3.99. The van der Waals surface area contributed by atoms with Crippen LogP contribution in [-0.2, 0) is 20.9 Å². The highest BCUT2D eigenvalue weighted by atomic mass is 19.1. The minimum absolute atomic E-state index is 0.0154. The summed E-state index contributed by atoms with van der Waals surface area (Å²) in [7, 11) is 0. The number of hydrogen-bond donors (Lipinski definition) is 2. The second-order valence-electron chi connectivity index (χ2n) is 17.0. The molecule has 2 aromatic carbocycles. The van der Waals surface area contributed by atoms with Crippen LogP contribution in [0.2, 0.25) is 0 Å². The zero-order valence-corrected chi connectivity index (χ0v) is 37.0. The van der Waals surface area contributed by atoms with Gasteiger partial charge in [0.2, 0.25) is 11.7 Å². The molecule has 0 saturated heterocycles. The third-order valence-electron chi connectivity index (χ3n) is 12.8. The lowest BCUT2D eigenvalue weighted by Gasteiger charge is -2.60. The van der Waals surface area contributed by atoms with Crippen LogP contribution in [0.4, 0.5) is 4.39 Å². The van der Waals surface area contributed by atoms with E-state index >= 15 is 0 Å². The summed E-state index contributed by atoms with van der Waals surface area (Å²) >= 11 is 0. The average molecular weight is 845 g/mol. The summed E-state index contributed by atoms with van der Waals surface area (Å²) in [5.41, 5.74) is 3.55. The minimum Gasteiger partial charge on any atom is -0.490 e. The third-order valence-corrected chi connectivity index (χ3v) is 12.8. The number of carbonyl (C=O) groups excluding carboxylic acids is 1. The van der Waals surface area contributed by atoms with E-state index in [0.717, 1.165) is 67.4 Å². The summed E-state index contributed by atoms with van der Waals surface area (Å²) < 4.78 is 35.0. The molecule has 1 heterocycles. The van der Waals surface area contributed by atoms with Gasteiger partial charge >= 0.3 is 0 Å². The molecule has 1 fully saturated rings. The van der Waals surface area contributed by atoms with Gasteiger partial charge in [-0.2, -0.15) is 0 Å². The molecule has 6 atom stereocenters. The molecule has 2 aliphatic carbocycles. The quantitative estimate of drug-likeness (QED) is 0.0477. The van der Waals surface area contributed by atoms with Crippen LogP contribution in [0, 0.1) is 23.6 Å². The fourth-order valence-corrected chi connectivity index (χ4v) is 9.92. The van der Waals surface area contributed by atoms with Gasteiger partial charge in [-0.05, 0) is 92.3 Å². The lowest BCUT2D eigenvalue weighted by atomic mass is 9.55. The first-order chi connectivity index (χ1) is 29.8. The molecular weight excluding hydrogens is 772 g/mol. The van der Waals surface area contributed by atoms with E-state index in [1.54, 1.807) is 24.3 Å². The zero-order chi connectivity index (χ0) is 43.5. The van der Waals surface area contributed by atoms with Crippen LogP contribution in [-0.4, -0.2) is 71.6 Å². The van der Waals surface area contributed by atoms with E-state index in [0.29, 0.717) is 50.4 Å².